The van der Waals surface area contributed by atoms with Crippen molar-refractivity contribution in [2.24, 2.45) is 5.41 Å². The molecular weight excluding hydrogens is 466 g/mol. The van der Waals surface area contributed by atoms with Crippen molar-refractivity contribution >= 4 is 27.4 Å². The molecule has 9 heteroatoms. The van der Waals surface area contributed by atoms with E-state index in [1.54, 1.807) is 30.3 Å². The second-order valence-electron chi connectivity index (χ2n) is 10.2. The third-order valence-electron chi connectivity index (χ3n) is 7.79. The van der Waals surface area contributed by atoms with Crippen LogP contribution in [0.4, 0.5) is 11.4 Å². The fourth-order valence-corrected chi connectivity index (χ4v) is 6.93. The van der Waals surface area contributed by atoms with E-state index in [0.29, 0.717) is 24.9 Å². The Hall–Kier alpha value is -2.78. The van der Waals surface area contributed by atoms with Crippen LogP contribution in [-0.4, -0.2) is 56.7 Å². The molecular formula is C26H33N3O5S. The van der Waals surface area contributed by atoms with E-state index < -0.39 is 16.0 Å². The summed E-state index contributed by atoms with van der Waals surface area (Å²) in [7, 11) is -4.05. The number of anilines is 2. The molecule has 188 valence electrons. The van der Waals surface area contributed by atoms with Crippen molar-refractivity contribution in [2.45, 2.75) is 56.4 Å². The first-order valence-corrected chi connectivity index (χ1v) is 13.8. The molecule has 1 aliphatic carbocycles. The molecule has 0 amide bonds. The lowest BCUT2D eigenvalue weighted by atomic mass is 9.95. The summed E-state index contributed by atoms with van der Waals surface area (Å²) in [4.78, 5) is 14.7. The predicted octanol–water partition coefficient (Wildman–Crippen LogP) is 4.36. The van der Waals surface area contributed by atoms with Crippen LogP contribution in [0, 0.1) is 5.41 Å². The second kappa shape index (κ2) is 9.02. The number of nitrogens with zero attached hydrogens (tertiary/aromatic N) is 1. The molecule has 2 aromatic rings. The maximum atomic E-state index is 13.4. The molecule has 3 N–H and O–H groups in total. The molecule has 2 aliphatic heterocycles. The van der Waals surface area contributed by atoms with Gasteiger partial charge in [-0.05, 0) is 68.5 Å². The number of hydrogen-bond acceptors (Lipinski definition) is 6. The first kappa shape index (κ1) is 23.9. The van der Waals surface area contributed by atoms with Crippen molar-refractivity contribution in [3.05, 3.63) is 47.5 Å². The molecule has 0 bridgehead atoms. The van der Waals surface area contributed by atoms with Crippen molar-refractivity contribution in [1.82, 2.24) is 4.90 Å². The molecule has 1 saturated heterocycles. The highest BCUT2D eigenvalue weighted by Crippen LogP contribution is 2.64. The molecule has 3 atom stereocenters. The zero-order chi connectivity index (χ0) is 24.8. The van der Waals surface area contributed by atoms with Gasteiger partial charge in [-0.2, -0.15) is 0 Å². The minimum atomic E-state index is -4.05. The number of ether oxygens (including phenoxy) is 1. The monoisotopic (exact) mass is 499 g/mol. The van der Waals surface area contributed by atoms with Gasteiger partial charge in [0.05, 0.1) is 18.0 Å². The minimum Gasteiger partial charge on any atom is -0.492 e. The first-order chi connectivity index (χ1) is 16.7. The van der Waals surface area contributed by atoms with E-state index in [1.165, 1.54) is 12.5 Å². The van der Waals surface area contributed by atoms with Crippen molar-refractivity contribution < 1.29 is 23.1 Å². The van der Waals surface area contributed by atoms with E-state index in [2.05, 4.69) is 28.8 Å². The summed E-state index contributed by atoms with van der Waals surface area (Å²) in [5.41, 5.74) is 1.27. The van der Waals surface area contributed by atoms with Crippen LogP contribution in [0.2, 0.25) is 0 Å². The molecule has 3 unspecified atom stereocenters. The highest BCUT2D eigenvalue weighted by Gasteiger charge is 2.55. The van der Waals surface area contributed by atoms with Crippen LogP contribution in [0.1, 0.15) is 61.4 Å². The second-order valence-corrected chi connectivity index (χ2v) is 11.8. The highest BCUT2D eigenvalue weighted by atomic mass is 32.2. The summed E-state index contributed by atoms with van der Waals surface area (Å²) in [6.45, 7) is 7.52. The molecule has 5 rings (SSSR count). The summed E-state index contributed by atoms with van der Waals surface area (Å²) < 4.78 is 35.2. The topological polar surface area (TPSA) is 108 Å². The van der Waals surface area contributed by atoms with Crippen LogP contribution in [0.3, 0.4) is 0 Å². The van der Waals surface area contributed by atoms with Gasteiger partial charge in [0.1, 0.15) is 16.2 Å². The van der Waals surface area contributed by atoms with Crippen LogP contribution < -0.4 is 14.8 Å². The lowest BCUT2D eigenvalue weighted by molar-refractivity contribution is 0.0690. The molecule has 3 aliphatic rings. The quantitative estimate of drug-likeness (QED) is 0.471. The van der Waals surface area contributed by atoms with Gasteiger partial charge in [0.2, 0.25) is 0 Å². The molecule has 8 nitrogen and oxygen atoms in total. The number of hydrogen-bond donors (Lipinski definition) is 3. The van der Waals surface area contributed by atoms with Crippen LogP contribution in [0.5, 0.6) is 5.75 Å². The highest BCUT2D eigenvalue weighted by molar-refractivity contribution is 7.92. The number of likely N-dealkylation sites (tertiary alicyclic amines) is 1. The normalized spacial score (nSPS) is 25.3. The van der Waals surface area contributed by atoms with Crippen LogP contribution in [0.15, 0.2) is 41.3 Å². The summed E-state index contributed by atoms with van der Waals surface area (Å²) >= 11 is 0. The third-order valence-corrected chi connectivity index (χ3v) is 9.22. The van der Waals surface area contributed by atoms with Gasteiger partial charge in [-0.1, -0.05) is 32.0 Å². The van der Waals surface area contributed by atoms with Crippen LogP contribution in [-0.2, 0) is 10.0 Å². The maximum Gasteiger partial charge on any atom is 0.341 e. The zero-order valence-electron chi connectivity index (χ0n) is 20.2. The van der Waals surface area contributed by atoms with E-state index in [9.17, 15) is 18.3 Å². The van der Waals surface area contributed by atoms with Gasteiger partial charge in [-0.3, -0.25) is 4.72 Å². The minimum absolute atomic E-state index is 0.0137. The van der Waals surface area contributed by atoms with Crippen molar-refractivity contribution in [1.29, 1.82) is 0 Å². The Labute approximate surface area is 206 Å². The Balaban J connectivity index is 1.37. The molecule has 2 aromatic carbocycles. The molecule has 1 saturated carbocycles. The molecule has 2 fully saturated rings. The van der Waals surface area contributed by atoms with Gasteiger partial charge < -0.3 is 20.1 Å². The Morgan fingerprint density at radius 1 is 1.23 bits per heavy atom. The maximum absolute atomic E-state index is 13.4. The number of carboxylic acid groups (broad SMARTS) is 1. The van der Waals surface area contributed by atoms with E-state index in [4.69, 9.17) is 4.74 Å². The summed E-state index contributed by atoms with van der Waals surface area (Å²) in [6, 6.07) is 10.6. The summed E-state index contributed by atoms with van der Waals surface area (Å²) in [5.74, 6) is -0.684. The molecule has 0 aromatic heterocycles. The molecule has 2 heterocycles. The predicted molar refractivity (Wildman–Crippen MR) is 135 cm³/mol. The van der Waals surface area contributed by atoms with E-state index in [1.807, 2.05) is 0 Å². The van der Waals surface area contributed by atoms with Gasteiger partial charge in [-0.15, -0.1) is 0 Å². The number of benzene rings is 2. The number of nitrogens with one attached hydrogen (secondary N) is 2. The van der Waals surface area contributed by atoms with E-state index in [-0.39, 0.29) is 33.2 Å². The van der Waals surface area contributed by atoms with Crippen molar-refractivity contribution in [2.75, 3.05) is 36.3 Å². The van der Waals surface area contributed by atoms with Gasteiger partial charge >= 0.3 is 5.97 Å². The Morgan fingerprint density at radius 3 is 2.80 bits per heavy atom. The zero-order valence-corrected chi connectivity index (χ0v) is 21.0. The van der Waals surface area contributed by atoms with Gasteiger partial charge in [0, 0.05) is 18.0 Å². The van der Waals surface area contributed by atoms with Crippen molar-refractivity contribution in [3.8, 4) is 5.75 Å². The number of sulfonamides is 1. The fourth-order valence-electron chi connectivity index (χ4n) is 5.67. The molecule has 35 heavy (non-hydrogen) atoms. The molecule has 0 spiro atoms. The number of fused-ring (bicyclic) bond motifs is 3. The number of aromatic carboxylic acids is 1. The summed E-state index contributed by atoms with van der Waals surface area (Å²) in [6.07, 6.45) is 4.24. The lowest BCUT2D eigenvalue weighted by Crippen LogP contribution is -2.30. The van der Waals surface area contributed by atoms with Crippen LogP contribution in [0.25, 0.3) is 0 Å². The molecule has 0 radical (unpaired) electrons. The average molecular weight is 500 g/mol. The van der Waals surface area contributed by atoms with E-state index >= 15 is 0 Å². The SMILES string of the molecule is CCN1CCCC1CCNc1ccccc1S(=O)(=O)Nc1ccc2c(c1C(=O)O)OCC1(C)CC21. The van der Waals surface area contributed by atoms with Crippen molar-refractivity contribution in [3.63, 3.8) is 0 Å². The lowest BCUT2D eigenvalue weighted by Gasteiger charge is -2.25. The Kier molecular flexibility index (Phi) is 6.17. The largest absolute Gasteiger partial charge is 0.492 e. The first-order valence-electron chi connectivity index (χ1n) is 12.4. The average Bonchev–Trinajstić information content (AvgIpc) is 3.32. The van der Waals surface area contributed by atoms with Gasteiger partial charge in [0.15, 0.2) is 0 Å². The third kappa shape index (κ3) is 4.47. The van der Waals surface area contributed by atoms with Crippen LogP contribution >= 0.6 is 0 Å². The van der Waals surface area contributed by atoms with Gasteiger partial charge in [-0.25, -0.2) is 13.2 Å². The Bertz CT molecular complexity index is 1250. The number of carboxylic acids is 1. The number of rotatable bonds is 9. The van der Waals surface area contributed by atoms with E-state index in [0.717, 1.165) is 37.9 Å². The number of carbonyl (C=O) groups is 1. The number of para-hydroxylation sites is 1. The standard InChI is InChI=1S/C26H33N3O5S/c1-3-29-14-6-7-17(29)12-13-27-20-8-4-5-9-22(20)35(32,33)28-21-11-10-18-19-15-26(19,2)16-34-24(18)23(21)25(30)31/h4-5,8-11,17,19,27-28H,3,6-7,12-16H2,1-2H3,(H,30,31). The fraction of sp³-hybridized carbons (Fsp3) is 0.500. The Morgan fingerprint density at radius 2 is 2.03 bits per heavy atom. The summed E-state index contributed by atoms with van der Waals surface area (Å²) in [5, 5.41) is 13.2. The van der Waals surface area contributed by atoms with Gasteiger partial charge in [0.25, 0.3) is 10.0 Å². The smallest absolute Gasteiger partial charge is 0.341 e.